The number of aromatic carboxylic acids is 1. The molecule has 5 rings (SSSR count). The molecule has 8 heteroatoms. The van der Waals surface area contributed by atoms with E-state index in [-0.39, 0.29) is 17.3 Å². The minimum atomic E-state index is -1.03. The minimum absolute atomic E-state index is 0.103. The summed E-state index contributed by atoms with van der Waals surface area (Å²) in [7, 11) is -0.907. The summed E-state index contributed by atoms with van der Waals surface area (Å²) >= 11 is 0. The second kappa shape index (κ2) is 4.84. The van der Waals surface area contributed by atoms with Crippen molar-refractivity contribution in [1.82, 2.24) is 15.1 Å². The predicted molar refractivity (Wildman–Crippen MR) is 85.0 cm³/mol. The number of nitrogens with zero attached hydrogens (tertiary/aromatic N) is 2. The van der Waals surface area contributed by atoms with Crippen molar-refractivity contribution in [1.29, 1.82) is 0 Å². The summed E-state index contributed by atoms with van der Waals surface area (Å²) in [4.78, 5) is 11.8. The average molecular weight is 325 g/mol. The van der Waals surface area contributed by atoms with Gasteiger partial charge in [-0.05, 0) is 23.5 Å². The Morgan fingerprint density at radius 3 is 3.12 bits per heavy atom. The van der Waals surface area contributed by atoms with Crippen LogP contribution in [-0.4, -0.2) is 33.0 Å². The zero-order valence-electron chi connectivity index (χ0n) is 12.9. The average Bonchev–Trinajstić information content (AvgIpc) is 3.09. The highest BCUT2D eigenvalue weighted by Gasteiger charge is 2.54. The summed E-state index contributed by atoms with van der Waals surface area (Å²) in [6, 6.07) is 3.79. The highest BCUT2D eigenvalue weighted by molar-refractivity contribution is 6.48. The third kappa shape index (κ3) is 2.00. The number of benzene rings is 1. The highest BCUT2D eigenvalue weighted by atomic mass is 16.5. The lowest BCUT2D eigenvalue weighted by molar-refractivity contribution is 0.0693. The number of rotatable bonds is 3. The van der Waals surface area contributed by atoms with Gasteiger partial charge in [0.05, 0.1) is 12.2 Å². The molecule has 122 valence electrons. The first-order valence-corrected chi connectivity index (χ1v) is 8.11. The summed E-state index contributed by atoms with van der Waals surface area (Å²) in [6.45, 7) is 1.91. The maximum absolute atomic E-state index is 11.8. The van der Waals surface area contributed by atoms with Crippen LogP contribution in [0.2, 0.25) is 5.82 Å². The maximum Gasteiger partial charge on any atom is 0.526 e. The van der Waals surface area contributed by atoms with E-state index in [0.717, 1.165) is 36.3 Å². The number of hydrogen-bond donors (Lipinski definition) is 3. The van der Waals surface area contributed by atoms with Crippen LogP contribution in [0.1, 0.15) is 45.1 Å². The van der Waals surface area contributed by atoms with Gasteiger partial charge in [-0.25, -0.2) is 4.79 Å². The van der Waals surface area contributed by atoms with Crippen molar-refractivity contribution in [3.05, 3.63) is 46.3 Å². The number of carboxylic acids is 1. The van der Waals surface area contributed by atoms with Crippen molar-refractivity contribution in [2.24, 2.45) is 0 Å². The van der Waals surface area contributed by atoms with Gasteiger partial charge in [-0.1, -0.05) is 12.1 Å². The maximum atomic E-state index is 11.8. The first-order valence-electron chi connectivity index (χ1n) is 8.11. The largest absolute Gasteiger partial charge is 0.535 e. The van der Waals surface area contributed by atoms with E-state index in [2.05, 4.69) is 10.4 Å². The van der Waals surface area contributed by atoms with Gasteiger partial charge in [-0.15, -0.1) is 0 Å². The van der Waals surface area contributed by atoms with Crippen LogP contribution < -0.4 is 9.97 Å². The molecule has 0 saturated heterocycles. The van der Waals surface area contributed by atoms with Crippen LogP contribution in [0.4, 0.5) is 0 Å². The molecule has 1 saturated carbocycles. The van der Waals surface area contributed by atoms with E-state index < -0.39 is 13.1 Å². The summed E-state index contributed by atoms with van der Waals surface area (Å²) < 4.78 is 7.33. The fraction of sp³-hybridized carbons (Fsp3) is 0.375. The van der Waals surface area contributed by atoms with Crippen LogP contribution >= 0.6 is 0 Å². The normalized spacial score (nSPS) is 23.3. The summed E-state index contributed by atoms with van der Waals surface area (Å²) in [5.74, 6) is -0.385. The standard InChI is InChI=1S/C16H16BN3O4/c21-16(22)14-8(6-20-7-9-4-18-5-13(9)19-20)1-2-10-11-3-12(11)17(23)24-15(10)14/h1-2,7,11-12,18,23H,3-6H2,(H,21,22)/t11-,12-/m0/s1. The molecule has 3 N–H and O–H groups in total. The van der Waals surface area contributed by atoms with Gasteiger partial charge in [0.15, 0.2) is 0 Å². The Bertz CT molecular complexity index is 844. The van der Waals surface area contributed by atoms with E-state index in [1.165, 1.54) is 0 Å². The van der Waals surface area contributed by atoms with Gasteiger partial charge in [0.25, 0.3) is 0 Å². The summed E-state index contributed by atoms with van der Waals surface area (Å²) in [5, 5.41) is 27.4. The third-order valence-electron chi connectivity index (χ3n) is 5.20. The Hall–Kier alpha value is -2.32. The Labute approximate surface area is 138 Å². The van der Waals surface area contributed by atoms with Gasteiger partial charge in [-0.2, -0.15) is 5.10 Å². The van der Waals surface area contributed by atoms with E-state index in [0.29, 0.717) is 17.9 Å². The van der Waals surface area contributed by atoms with Crippen molar-refractivity contribution < 1.29 is 19.6 Å². The van der Waals surface area contributed by atoms with Gasteiger partial charge in [0.1, 0.15) is 11.3 Å². The molecule has 0 amide bonds. The molecule has 24 heavy (non-hydrogen) atoms. The molecule has 1 aliphatic carbocycles. The molecule has 2 atom stereocenters. The molecular formula is C16H16BN3O4. The Morgan fingerprint density at radius 1 is 1.46 bits per heavy atom. The zero-order chi connectivity index (χ0) is 16.4. The molecule has 0 radical (unpaired) electrons. The van der Waals surface area contributed by atoms with Crippen LogP contribution in [0.25, 0.3) is 0 Å². The lowest BCUT2D eigenvalue weighted by atomic mass is 9.77. The topological polar surface area (TPSA) is 96.6 Å². The zero-order valence-corrected chi connectivity index (χ0v) is 12.9. The first kappa shape index (κ1) is 14.1. The molecule has 0 bridgehead atoms. The van der Waals surface area contributed by atoms with E-state index in [1.807, 2.05) is 18.3 Å². The third-order valence-corrected chi connectivity index (χ3v) is 5.20. The summed E-state index contributed by atoms with van der Waals surface area (Å²) in [6.07, 6.45) is 2.80. The Balaban J connectivity index is 1.56. The minimum Gasteiger partial charge on any atom is -0.535 e. The lowest BCUT2D eigenvalue weighted by Crippen LogP contribution is -2.28. The van der Waals surface area contributed by atoms with Crippen molar-refractivity contribution in [2.75, 3.05) is 0 Å². The molecule has 7 nitrogen and oxygen atoms in total. The molecule has 3 heterocycles. The van der Waals surface area contributed by atoms with Crippen molar-refractivity contribution in [3.63, 3.8) is 0 Å². The molecule has 1 aromatic heterocycles. The second-order valence-corrected chi connectivity index (χ2v) is 6.74. The van der Waals surface area contributed by atoms with Crippen molar-refractivity contribution in [3.8, 4) is 5.75 Å². The summed E-state index contributed by atoms with van der Waals surface area (Å²) in [5.41, 5.74) is 3.85. The Morgan fingerprint density at radius 2 is 2.33 bits per heavy atom. The van der Waals surface area contributed by atoms with Crippen LogP contribution in [0, 0.1) is 0 Å². The molecule has 1 aromatic carbocycles. The quantitative estimate of drug-likeness (QED) is 0.728. The molecule has 2 aliphatic heterocycles. The molecule has 0 unspecified atom stereocenters. The predicted octanol–water partition coefficient (Wildman–Crippen LogP) is 0.963. The fourth-order valence-electron chi connectivity index (χ4n) is 3.89. The van der Waals surface area contributed by atoms with E-state index in [1.54, 1.807) is 4.68 Å². The van der Waals surface area contributed by atoms with Gasteiger partial charge in [0, 0.05) is 30.7 Å². The Kier molecular flexibility index (Phi) is 2.84. The van der Waals surface area contributed by atoms with E-state index >= 15 is 0 Å². The molecule has 0 spiro atoms. The smallest absolute Gasteiger partial charge is 0.526 e. The number of fused-ring (bicyclic) bond motifs is 4. The lowest BCUT2D eigenvalue weighted by Gasteiger charge is -2.22. The monoisotopic (exact) mass is 325 g/mol. The fourth-order valence-corrected chi connectivity index (χ4v) is 3.89. The van der Waals surface area contributed by atoms with Gasteiger partial charge in [0.2, 0.25) is 0 Å². The SMILES string of the molecule is O=C(O)c1c(Cn2cc3c(n2)CNC3)ccc2c1OB(O)[C@H]1C[C@@H]21. The van der Waals surface area contributed by atoms with Gasteiger partial charge in [-0.3, -0.25) is 4.68 Å². The number of carbonyl (C=O) groups is 1. The molecular weight excluding hydrogens is 309 g/mol. The second-order valence-electron chi connectivity index (χ2n) is 6.74. The molecule has 1 fully saturated rings. The highest BCUT2D eigenvalue weighted by Crippen LogP contribution is 2.60. The van der Waals surface area contributed by atoms with E-state index in [4.69, 9.17) is 4.65 Å². The van der Waals surface area contributed by atoms with Crippen LogP contribution in [0.15, 0.2) is 18.3 Å². The van der Waals surface area contributed by atoms with Crippen LogP contribution in [0.3, 0.4) is 0 Å². The number of carboxylic acid groups (broad SMARTS) is 1. The van der Waals surface area contributed by atoms with Crippen molar-refractivity contribution in [2.45, 2.75) is 37.8 Å². The van der Waals surface area contributed by atoms with Crippen LogP contribution in [0.5, 0.6) is 5.75 Å². The van der Waals surface area contributed by atoms with Crippen LogP contribution in [-0.2, 0) is 19.6 Å². The first-order chi connectivity index (χ1) is 11.6. The van der Waals surface area contributed by atoms with Gasteiger partial charge < -0.3 is 20.1 Å². The van der Waals surface area contributed by atoms with Crippen molar-refractivity contribution >= 4 is 13.1 Å². The van der Waals surface area contributed by atoms with Gasteiger partial charge >= 0.3 is 13.1 Å². The molecule has 2 aromatic rings. The molecule has 3 aliphatic rings. The number of hydrogen-bond acceptors (Lipinski definition) is 5. The number of aromatic nitrogens is 2. The number of nitrogens with one attached hydrogen (secondary N) is 1. The van der Waals surface area contributed by atoms with E-state index in [9.17, 15) is 14.9 Å².